The fourth-order valence-electron chi connectivity index (χ4n) is 1.93. The second-order valence-corrected chi connectivity index (χ2v) is 4.94. The molecule has 5 heteroatoms. The van der Waals surface area contributed by atoms with E-state index >= 15 is 0 Å². The van der Waals surface area contributed by atoms with Gasteiger partial charge in [-0.15, -0.1) is 0 Å². The van der Waals surface area contributed by atoms with Crippen molar-refractivity contribution in [3.63, 3.8) is 0 Å². The molecule has 0 atom stereocenters. The highest BCUT2D eigenvalue weighted by Crippen LogP contribution is 2.27. The van der Waals surface area contributed by atoms with Gasteiger partial charge in [0.05, 0.1) is 0 Å². The summed E-state index contributed by atoms with van der Waals surface area (Å²) in [6.07, 6.45) is 0. The van der Waals surface area contributed by atoms with Crippen LogP contribution in [0, 0.1) is 6.92 Å². The highest BCUT2D eigenvalue weighted by Gasteiger charge is 2.27. The summed E-state index contributed by atoms with van der Waals surface area (Å²) in [4.78, 5) is 4.42. The third kappa shape index (κ3) is 2.76. The van der Waals surface area contributed by atoms with Crippen LogP contribution >= 0.6 is 0 Å². The molecule has 1 aromatic carbocycles. The Morgan fingerprint density at radius 3 is 2.74 bits per heavy atom. The molecule has 5 nitrogen and oxygen atoms in total. The van der Waals surface area contributed by atoms with Crippen LogP contribution < -0.4 is 5.73 Å². The van der Waals surface area contributed by atoms with Crippen LogP contribution in [0.4, 0.5) is 5.69 Å². The molecule has 0 unspecified atom stereocenters. The molecule has 0 fully saturated rings. The van der Waals surface area contributed by atoms with E-state index in [-0.39, 0.29) is 0 Å². The third-order valence-corrected chi connectivity index (χ3v) is 2.95. The zero-order valence-electron chi connectivity index (χ0n) is 11.7. The third-order valence-electron chi connectivity index (χ3n) is 2.95. The Bertz CT molecular complexity index is 576. The molecule has 2 rings (SSSR count). The van der Waals surface area contributed by atoms with E-state index in [1.165, 1.54) is 0 Å². The summed E-state index contributed by atoms with van der Waals surface area (Å²) >= 11 is 0. The van der Waals surface area contributed by atoms with E-state index < -0.39 is 5.60 Å². The van der Waals surface area contributed by atoms with Gasteiger partial charge in [-0.05, 0) is 51.5 Å². The summed E-state index contributed by atoms with van der Waals surface area (Å²) in [6, 6.07) is 5.59. The molecule has 0 bridgehead atoms. The highest BCUT2D eigenvalue weighted by atomic mass is 16.5. The molecule has 0 aliphatic heterocycles. The van der Waals surface area contributed by atoms with Crippen LogP contribution in [0.5, 0.6) is 0 Å². The molecular formula is C14H19N3O2. The summed E-state index contributed by atoms with van der Waals surface area (Å²) in [5.74, 6) is 1.03. The average molecular weight is 261 g/mol. The van der Waals surface area contributed by atoms with Gasteiger partial charge in [-0.25, -0.2) is 0 Å². The number of nitrogens with zero attached hydrogens (tertiary/aromatic N) is 2. The van der Waals surface area contributed by atoms with Gasteiger partial charge in [0, 0.05) is 17.9 Å². The number of benzene rings is 1. The van der Waals surface area contributed by atoms with Crippen LogP contribution in [0.2, 0.25) is 0 Å². The van der Waals surface area contributed by atoms with Crippen molar-refractivity contribution in [3.05, 3.63) is 29.6 Å². The minimum absolute atomic E-state index is 0.486. The van der Waals surface area contributed by atoms with Crippen LogP contribution in [0.15, 0.2) is 22.7 Å². The van der Waals surface area contributed by atoms with Crippen LogP contribution in [0.1, 0.15) is 32.2 Å². The van der Waals surface area contributed by atoms with Crippen molar-refractivity contribution in [3.8, 4) is 11.5 Å². The molecular weight excluding hydrogens is 242 g/mol. The molecule has 2 aromatic rings. The molecule has 0 amide bonds. The van der Waals surface area contributed by atoms with Crippen LogP contribution in [-0.2, 0) is 10.3 Å². The molecule has 2 N–H and O–H groups in total. The SMILES string of the molecule is CCOC(C)(C)c1noc(-c2ccc(N)cc2C)n1. The van der Waals surface area contributed by atoms with E-state index in [1.54, 1.807) is 0 Å². The van der Waals surface area contributed by atoms with Crippen molar-refractivity contribution in [1.29, 1.82) is 0 Å². The normalized spacial score (nSPS) is 11.8. The van der Waals surface area contributed by atoms with Gasteiger partial charge in [0.1, 0.15) is 5.60 Å². The van der Waals surface area contributed by atoms with Crippen molar-refractivity contribution in [2.45, 2.75) is 33.3 Å². The largest absolute Gasteiger partial charge is 0.399 e. The molecule has 0 aliphatic rings. The van der Waals surface area contributed by atoms with Crippen LogP contribution in [-0.4, -0.2) is 16.7 Å². The summed E-state index contributed by atoms with van der Waals surface area (Å²) in [5.41, 5.74) is 7.79. The molecule has 0 saturated carbocycles. The molecule has 0 saturated heterocycles. The number of hydrogen-bond donors (Lipinski definition) is 1. The van der Waals surface area contributed by atoms with E-state index in [0.717, 1.165) is 16.8 Å². The Morgan fingerprint density at radius 2 is 2.11 bits per heavy atom. The number of hydrogen-bond acceptors (Lipinski definition) is 5. The lowest BCUT2D eigenvalue weighted by Crippen LogP contribution is -2.23. The van der Waals surface area contributed by atoms with Gasteiger partial charge in [0.25, 0.3) is 5.89 Å². The minimum Gasteiger partial charge on any atom is -0.399 e. The lowest BCUT2D eigenvalue weighted by molar-refractivity contribution is -0.0221. The number of rotatable bonds is 4. The Hall–Kier alpha value is -1.88. The first-order chi connectivity index (χ1) is 8.94. The lowest BCUT2D eigenvalue weighted by Gasteiger charge is -2.19. The molecule has 1 aromatic heterocycles. The molecule has 0 aliphatic carbocycles. The van der Waals surface area contributed by atoms with Crippen molar-refractivity contribution >= 4 is 5.69 Å². The van der Waals surface area contributed by atoms with Gasteiger partial charge in [0.15, 0.2) is 0 Å². The first-order valence-electron chi connectivity index (χ1n) is 6.28. The van der Waals surface area contributed by atoms with Gasteiger partial charge >= 0.3 is 0 Å². The average Bonchev–Trinajstić information content (AvgIpc) is 2.78. The minimum atomic E-state index is -0.557. The van der Waals surface area contributed by atoms with E-state index in [2.05, 4.69) is 10.1 Å². The Labute approximate surface area is 112 Å². The van der Waals surface area contributed by atoms with Crippen LogP contribution in [0.3, 0.4) is 0 Å². The predicted octanol–water partition coefficient (Wildman–Crippen LogP) is 2.90. The first-order valence-corrected chi connectivity index (χ1v) is 6.28. The van der Waals surface area contributed by atoms with E-state index in [1.807, 2.05) is 45.9 Å². The molecule has 19 heavy (non-hydrogen) atoms. The summed E-state index contributed by atoms with van der Waals surface area (Å²) in [5, 5.41) is 4.00. The molecule has 102 valence electrons. The van der Waals surface area contributed by atoms with Gasteiger partial charge in [-0.3, -0.25) is 0 Å². The Morgan fingerprint density at radius 1 is 1.37 bits per heavy atom. The van der Waals surface area contributed by atoms with Gasteiger partial charge in [-0.1, -0.05) is 5.16 Å². The van der Waals surface area contributed by atoms with Crippen LogP contribution in [0.25, 0.3) is 11.5 Å². The quantitative estimate of drug-likeness (QED) is 0.856. The molecule has 0 spiro atoms. The van der Waals surface area contributed by atoms with Crippen molar-refractivity contribution in [2.24, 2.45) is 0 Å². The summed E-state index contributed by atoms with van der Waals surface area (Å²) in [6.45, 7) is 8.33. The Balaban J connectivity index is 2.35. The number of aromatic nitrogens is 2. The van der Waals surface area contributed by atoms with Crippen molar-refractivity contribution in [1.82, 2.24) is 10.1 Å². The summed E-state index contributed by atoms with van der Waals surface area (Å²) < 4.78 is 10.9. The topological polar surface area (TPSA) is 74.2 Å². The number of ether oxygens (including phenoxy) is 1. The maximum Gasteiger partial charge on any atom is 0.258 e. The van der Waals surface area contributed by atoms with Gasteiger partial charge in [0.2, 0.25) is 5.82 Å². The number of aryl methyl sites for hydroxylation is 1. The predicted molar refractivity (Wildman–Crippen MR) is 73.5 cm³/mol. The molecule has 1 heterocycles. The standard InChI is InChI=1S/C14H19N3O2/c1-5-18-14(3,4)13-16-12(19-17-13)11-7-6-10(15)8-9(11)2/h6-8H,5,15H2,1-4H3. The van der Waals surface area contributed by atoms with E-state index in [9.17, 15) is 0 Å². The monoisotopic (exact) mass is 261 g/mol. The van der Waals surface area contributed by atoms with Gasteiger partial charge < -0.3 is 15.0 Å². The van der Waals surface area contributed by atoms with Gasteiger partial charge in [-0.2, -0.15) is 4.98 Å². The zero-order valence-corrected chi connectivity index (χ0v) is 11.7. The highest BCUT2D eigenvalue weighted by molar-refractivity contribution is 5.62. The zero-order chi connectivity index (χ0) is 14.0. The fraction of sp³-hybridized carbons (Fsp3) is 0.429. The second kappa shape index (κ2) is 5.01. The van der Waals surface area contributed by atoms with Crippen molar-refractivity contribution < 1.29 is 9.26 Å². The maximum atomic E-state index is 5.73. The fourth-order valence-corrected chi connectivity index (χ4v) is 1.93. The van der Waals surface area contributed by atoms with E-state index in [4.69, 9.17) is 15.0 Å². The first kappa shape index (κ1) is 13.5. The Kier molecular flexibility index (Phi) is 3.57. The lowest BCUT2D eigenvalue weighted by atomic mass is 10.1. The second-order valence-electron chi connectivity index (χ2n) is 4.94. The summed E-state index contributed by atoms with van der Waals surface area (Å²) in [7, 11) is 0. The maximum absolute atomic E-state index is 5.73. The van der Waals surface area contributed by atoms with E-state index in [0.29, 0.717) is 18.3 Å². The smallest absolute Gasteiger partial charge is 0.258 e. The molecule has 0 radical (unpaired) electrons. The number of nitrogens with two attached hydrogens (primary N) is 1. The number of nitrogen functional groups attached to an aromatic ring is 1. The van der Waals surface area contributed by atoms with Crippen molar-refractivity contribution in [2.75, 3.05) is 12.3 Å². The number of anilines is 1.